The zero-order valence-corrected chi connectivity index (χ0v) is 15.7. The summed E-state index contributed by atoms with van der Waals surface area (Å²) in [4.78, 5) is 29.8. The molecular formula is C21H28N2O2. The maximum Gasteiger partial charge on any atom is 0.277 e. The lowest BCUT2D eigenvalue weighted by molar-refractivity contribution is -0.138. The van der Waals surface area contributed by atoms with Crippen molar-refractivity contribution in [2.75, 3.05) is 19.6 Å². The van der Waals surface area contributed by atoms with E-state index in [1.165, 1.54) is 11.3 Å². The van der Waals surface area contributed by atoms with E-state index in [9.17, 15) is 9.59 Å². The Morgan fingerprint density at radius 2 is 1.80 bits per heavy atom. The molecule has 1 unspecified atom stereocenters. The second kappa shape index (κ2) is 7.03. The fraction of sp³-hybridized carbons (Fsp3) is 0.524. The smallest absolute Gasteiger partial charge is 0.277 e. The molecule has 25 heavy (non-hydrogen) atoms. The van der Waals surface area contributed by atoms with Crippen LogP contribution in [-0.2, 0) is 9.59 Å². The van der Waals surface area contributed by atoms with Gasteiger partial charge >= 0.3 is 0 Å². The van der Waals surface area contributed by atoms with E-state index in [4.69, 9.17) is 0 Å². The molecule has 0 aliphatic carbocycles. The van der Waals surface area contributed by atoms with Gasteiger partial charge in [-0.15, -0.1) is 0 Å². The normalized spacial score (nSPS) is 21.7. The van der Waals surface area contributed by atoms with E-state index in [1.807, 2.05) is 45.0 Å². The lowest BCUT2D eigenvalue weighted by atomic mass is 9.97. The zero-order chi connectivity index (χ0) is 18.1. The highest BCUT2D eigenvalue weighted by Crippen LogP contribution is 2.34. The standard InChI is InChI=1S/C21H28N2O2/c1-14(2)12-23-20(24)18(17-9-7-15(3)8-10-17)19(21(23)25)22-11-5-6-16(4)13-22/h7-10,14,16H,5-6,11-13H2,1-4H3. The molecular weight excluding hydrogens is 312 g/mol. The number of benzene rings is 1. The summed E-state index contributed by atoms with van der Waals surface area (Å²) in [6, 6.07) is 7.92. The molecule has 0 spiro atoms. The van der Waals surface area contributed by atoms with Crippen molar-refractivity contribution in [2.24, 2.45) is 11.8 Å². The van der Waals surface area contributed by atoms with E-state index in [-0.39, 0.29) is 17.7 Å². The van der Waals surface area contributed by atoms with Gasteiger partial charge in [0.15, 0.2) is 0 Å². The average Bonchev–Trinajstić information content (AvgIpc) is 2.80. The van der Waals surface area contributed by atoms with Crippen molar-refractivity contribution in [3.05, 3.63) is 41.1 Å². The van der Waals surface area contributed by atoms with Gasteiger partial charge in [-0.2, -0.15) is 0 Å². The molecule has 1 saturated heterocycles. The predicted molar refractivity (Wildman–Crippen MR) is 99.6 cm³/mol. The number of rotatable bonds is 4. The fourth-order valence-corrected chi connectivity index (χ4v) is 3.76. The van der Waals surface area contributed by atoms with Gasteiger partial charge in [-0.3, -0.25) is 14.5 Å². The number of carbonyl (C=O) groups excluding carboxylic acids is 2. The molecule has 0 N–H and O–H groups in total. The number of likely N-dealkylation sites (tertiary alicyclic amines) is 1. The van der Waals surface area contributed by atoms with Gasteiger partial charge < -0.3 is 4.90 Å². The van der Waals surface area contributed by atoms with E-state index in [2.05, 4.69) is 11.8 Å². The van der Waals surface area contributed by atoms with Gasteiger partial charge in [0.05, 0.1) is 5.57 Å². The van der Waals surface area contributed by atoms with E-state index >= 15 is 0 Å². The van der Waals surface area contributed by atoms with Gasteiger partial charge in [0.25, 0.3) is 11.8 Å². The van der Waals surface area contributed by atoms with Crippen molar-refractivity contribution in [3.8, 4) is 0 Å². The van der Waals surface area contributed by atoms with Crippen molar-refractivity contribution in [2.45, 2.75) is 40.5 Å². The molecule has 2 heterocycles. The van der Waals surface area contributed by atoms with Gasteiger partial charge in [-0.25, -0.2) is 0 Å². The van der Waals surface area contributed by atoms with Crippen LogP contribution < -0.4 is 0 Å². The maximum absolute atomic E-state index is 13.1. The van der Waals surface area contributed by atoms with Gasteiger partial charge in [-0.1, -0.05) is 50.6 Å². The molecule has 0 saturated carbocycles. The van der Waals surface area contributed by atoms with Crippen molar-refractivity contribution in [3.63, 3.8) is 0 Å². The maximum atomic E-state index is 13.1. The Kier molecular flexibility index (Phi) is 4.98. The van der Waals surface area contributed by atoms with Crippen LogP contribution in [0.2, 0.25) is 0 Å². The lowest BCUT2D eigenvalue weighted by Crippen LogP contribution is -2.40. The van der Waals surface area contributed by atoms with Crippen molar-refractivity contribution in [1.29, 1.82) is 0 Å². The number of amides is 2. The number of hydrogen-bond donors (Lipinski definition) is 0. The molecule has 3 rings (SSSR count). The number of aryl methyl sites for hydroxylation is 1. The van der Waals surface area contributed by atoms with Crippen LogP contribution in [0, 0.1) is 18.8 Å². The van der Waals surface area contributed by atoms with Gasteiger partial charge in [0.1, 0.15) is 5.70 Å². The second-order valence-electron chi connectivity index (χ2n) is 7.90. The Balaban J connectivity index is 2.05. The molecule has 4 heteroatoms. The number of hydrogen-bond acceptors (Lipinski definition) is 3. The topological polar surface area (TPSA) is 40.6 Å². The molecule has 134 valence electrons. The van der Waals surface area contributed by atoms with Gasteiger partial charge in [0, 0.05) is 19.6 Å². The van der Waals surface area contributed by atoms with Crippen LogP contribution in [0.1, 0.15) is 44.7 Å². The summed E-state index contributed by atoms with van der Waals surface area (Å²) in [7, 11) is 0. The minimum absolute atomic E-state index is 0.122. The van der Waals surface area contributed by atoms with E-state index in [1.54, 1.807) is 0 Å². The Bertz CT molecular complexity index is 703. The molecule has 1 aromatic rings. The second-order valence-corrected chi connectivity index (χ2v) is 7.90. The summed E-state index contributed by atoms with van der Waals surface area (Å²) >= 11 is 0. The lowest BCUT2D eigenvalue weighted by Gasteiger charge is -2.33. The van der Waals surface area contributed by atoms with Gasteiger partial charge in [-0.05, 0) is 37.2 Å². The summed E-state index contributed by atoms with van der Waals surface area (Å²) in [5.41, 5.74) is 3.19. The Morgan fingerprint density at radius 1 is 1.12 bits per heavy atom. The first-order valence-electron chi connectivity index (χ1n) is 9.31. The van der Waals surface area contributed by atoms with Crippen LogP contribution in [-0.4, -0.2) is 41.2 Å². The minimum Gasteiger partial charge on any atom is -0.366 e. The molecule has 2 aliphatic rings. The number of imide groups is 1. The first-order chi connectivity index (χ1) is 11.9. The summed E-state index contributed by atoms with van der Waals surface area (Å²) in [6.07, 6.45) is 2.25. The minimum atomic E-state index is -0.143. The molecule has 2 amide bonds. The molecule has 0 bridgehead atoms. The summed E-state index contributed by atoms with van der Waals surface area (Å²) < 4.78 is 0. The van der Waals surface area contributed by atoms with Crippen molar-refractivity contribution in [1.82, 2.24) is 9.80 Å². The van der Waals surface area contributed by atoms with Crippen LogP contribution in [0.3, 0.4) is 0 Å². The monoisotopic (exact) mass is 340 g/mol. The number of nitrogens with zero attached hydrogens (tertiary/aromatic N) is 2. The first-order valence-corrected chi connectivity index (χ1v) is 9.31. The molecule has 1 aromatic carbocycles. The van der Waals surface area contributed by atoms with Crippen LogP contribution in [0.5, 0.6) is 0 Å². The predicted octanol–water partition coefficient (Wildman–Crippen LogP) is 3.46. The molecule has 1 atom stereocenters. The highest BCUT2D eigenvalue weighted by atomic mass is 16.2. The largest absolute Gasteiger partial charge is 0.366 e. The first kappa shape index (κ1) is 17.7. The van der Waals surface area contributed by atoms with Crippen LogP contribution in [0.25, 0.3) is 5.57 Å². The highest BCUT2D eigenvalue weighted by Gasteiger charge is 2.42. The van der Waals surface area contributed by atoms with E-state index < -0.39 is 0 Å². The number of carbonyl (C=O) groups is 2. The third-order valence-electron chi connectivity index (χ3n) is 5.00. The molecule has 0 aromatic heterocycles. The van der Waals surface area contributed by atoms with E-state index in [0.29, 0.717) is 23.7 Å². The summed E-state index contributed by atoms with van der Waals surface area (Å²) in [5.74, 6) is 0.536. The van der Waals surface area contributed by atoms with Gasteiger partial charge in [0.2, 0.25) is 0 Å². The average molecular weight is 340 g/mol. The number of piperidine rings is 1. The Morgan fingerprint density at radius 3 is 2.40 bits per heavy atom. The van der Waals surface area contributed by atoms with Crippen molar-refractivity contribution >= 4 is 17.4 Å². The van der Waals surface area contributed by atoms with Crippen LogP contribution in [0.4, 0.5) is 0 Å². The summed E-state index contributed by atoms with van der Waals surface area (Å²) in [6.45, 7) is 10.5. The molecule has 1 fully saturated rings. The Labute approximate surface area is 150 Å². The molecule has 2 aliphatic heterocycles. The highest BCUT2D eigenvalue weighted by molar-refractivity contribution is 6.35. The third-order valence-corrected chi connectivity index (χ3v) is 5.00. The van der Waals surface area contributed by atoms with Crippen LogP contribution >= 0.6 is 0 Å². The van der Waals surface area contributed by atoms with Crippen LogP contribution in [0.15, 0.2) is 30.0 Å². The quantitative estimate of drug-likeness (QED) is 0.788. The fourth-order valence-electron chi connectivity index (χ4n) is 3.76. The third kappa shape index (κ3) is 3.48. The molecule has 0 radical (unpaired) electrons. The molecule has 4 nitrogen and oxygen atoms in total. The van der Waals surface area contributed by atoms with Crippen molar-refractivity contribution < 1.29 is 9.59 Å². The summed E-state index contributed by atoms with van der Waals surface area (Å²) in [5, 5.41) is 0. The zero-order valence-electron chi connectivity index (χ0n) is 15.7. The van der Waals surface area contributed by atoms with E-state index in [0.717, 1.165) is 30.6 Å². The Hall–Kier alpha value is -2.10. The SMILES string of the molecule is Cc1ccc(C2=C(N3CCCC(C)C3)C(=O)N(CC(C)C)C2=O)cc1.